The van der Waals surface area contributed by atoms with Gasteiger partial charge in [0.05, 0.1) is 13.7 Å². The van der Waals surface area contributed by atoms with Crippen molar-refractivity contribution in [2.75, 3.05) is 40.4 Å². The predicted molar refractivity (Wildman–Crippen MR) is 112 cm³/mol. The topological polar surface area (TPSA) is 24.9 Å². The monoisotopic (exact) mass is 374 g/mol. The zero-order valence-corrected chi connectivity index (χ0v) is 18.2. The van der Waals surface area contributed by atoms with Gasteiger partial charge in [-0.05, 0) is 55.0 Å². The Kier molecular flexibility index (Phi) is 6.37. The van der Waals surface area contributed by atoms with Crippen molar-refractivity contribution in [3.8, 4) is 11.5 Å². The summed E-state index contributed by atoms with van der Waals surface area (Å²) in [6, 6.07) is 5.59. The molecule has 0 radical (unpaired) electrons. The quantitative estimate of drug-likeness (QED) is 0.683. The number of nitrogens with zero attached hydrogens (tertiary/aromatic N) is 2. The lowest BCUT2D eigenvalue weighted by molar-refractivity contribution is 0.0213. The second kappa shape index (κ2) is 8.40. The van der Waals surface area contributed by atoms with Crippen LogP contribution in [0.5, 0.6) is 11.5 Å². The molecule has 2 aliphatic rings. The molecule has 27 heavy (non-hydrogen) atoms. The molecule has 0 saturated carbocycles. The Morgan fingerprint density at radius 1 is 1.15 bits per heavy atom. The van der Waals surface area contributed by atoms with Gasteiger partial charge in [-0.2, -0.15) is 0 Å². The largest absolute Gasteiger partial charge is 0.493 e. The molecule has 0 unspecified atom stereocenters. The highest BCUT2D eigenvalue weighted by Crippen LogP contribution is 2.41. The number of unbranched alkanes of at least 4 members (excludes halogenated alkanes) is 1. The van der Waals surface area contributed by atoms with Crippen molar-refractivity contribution in [2.45, 2.75) is 65.5 Å². The highest BCUT2D eigenvalue weighted by molar-refractivity contribution is 5.49. The van der Waals surface area contributed by atoms with Crippen LogP contribution >= 0.6 is 0 Å². The molecule has 0 N–H and O–H groups in total. The van der Waals surface area contributed by atoms with Crippen LogP contribution in [0.4, 0.5) is 0 Å². The molecular formula is C23H38N2O2. The summed E-state index contributed by atoms with van der Waals surface area (Å²) in [5, 5.41) is 0. The first-order chi connectivity index (χ1) is 12.8. The summed E-state index contributed by atoms with van der Waals surface area (Å²) in [6.45, 7) is 13.4. The maximum atomic E-state index is 6.01. The Hall–Kier alpha value is -1.26. The smallest absolute Gasteiger partial charge is 0.161 e. The fourth-order valence-electron chi connectivity index (χ4n) is 4.55. The van der Waals surface area contributed by atoms with Gasteiger partial charge in [0.2, 0.25) is 0 Å². The lowest BCUT2D eigenvalue weighted by Gasteiger charge is -2.49. The van der Waals surface area contributed by atoms with Gasteiger partial charge in [0, 0.05) is 31.7 Å². The Balaban J connectivity index is 1.80. The van der Waals surface area contributed by atoms with E-state index < -0.39 is 0 Å². The van der Waals surface area contributed by atoms with E-state index in [-0.39, 0.29) is 0 Å². The molecule has 0 spiro atoms. The van der Waals surface area contributed by atoms with Crippen LogP contribution in [0.2, 0.25) is 0 Å². The van der Waals surface area contributed by atoms with E-state index in [0.717, 1.165) is 57.0 Å². The third-order valence-electron chi connectivity index (χ3n) is 6.03. The number of piperazine rings is 1. The maximum Gasteiger partial charge on any atom is 0.161 e. The lowest BCUT2D eigenvalue weighted by Crippen LogP contribution is -2.55. The SMILES string of the molecule is CCCCOc1cc2c(cc1OC)[C@H]1CN(C)[C@H](CC(C)(C)C)CN1CC2. The molecule has 0 aromatic heterocycles. The van der Waals surface area contributed by atoms with Gasteiger partial charge in [-0.1, -0.05) is 34.1 Å². The lowest BCUT2D eigenvalue weighted by atomic mass is 9.84. The van der Waals surface area contributed by atoms with Gasteiger partial charge in [-0.25, -0.2) is 0 Å². The van der Waals surface area contributed by atoms with Gasteiger partial charge in [0.15, 0.2) is 11.5 Å². The standard InChI is InChI=1S/C23H38N2O2/c1-7-8-11-27-22-12-17-9-10-25-15-18(14-23(2,3)4)24(5)16-20(25)19(17)13-21(22)26-6/h12-13,18,20H,7-11,14-16H2,1-6H3/t18-,20-/m1/s1. The van der Waals surface area contributed by atoms with E-state index in [9.17, 15) is 0 Å². The number of ether oxygens (including phenoxy) is 2. The first-order valence-electron chi connectivity index (χ1n) is 10.6. The van der Waals surface area contributed by atoms with Gasteiger partial charge in [0.1, 0.15) is 0 Å². The zero-order chi connectivity index (χ0) is 19.6. The van der Waals surface area contributed by atoms with Crippen molar-refractivity contribution in [3.05, 3.63) is 23.3 Å². The van der Waals surface area contributed by atoms with Crippen molar-refractivity contribution < 1.29 is 9.47 Å². The number of likely N-dealkylation sites (N-methyl/N-ethyl adjacent to an activating group) is 1. The second-order valence-electron chi connectivity index (χ2n) is 9.52. The van der Waals surface area contributed by atoms with Crippen molar-refractivity contribution in [1.29, 1.82) is 0 Å². The Bertz CT molecular complexity index is 638. The Morgan fingerprint density at radius 2 is 1.93 bits per heavy atom. The predicted octanol–water partition coefficient (Wildman–Crippen LogP) is 4.52. The van der Waals surface area contributed by atoms with E-state index in [4.69, 9.17) is 9.47 Å². The maximum absolute atomic E-state index is 6.01. The van der Waals surface area contributed by atoms with E-state index in [1.54, 1.807) is 7.11 Å². The molecule has 3 rings (SSSR count). The van der Waals surface area contributed by atoms with E-state index in [1.165, 1.54) is 17.5 Å². The van der Waals surface area contributed by atoms with Crippen molar-refractivity contribution in [1.82, 2.24) is 9.80 Å². The minimum atomic E-state index is 0.368. The Labute approximate surface area is 165 Å². The molecule has 1 aromatic carbocycles. The second-order valence-corrected chi connectivity index (χ2v) is 9.52. The highest BCUT2D eigenvalue weighted by atomic mass is 16.5. The molecule has 4 nitrogen and oxygen atoms in total. The van der Waals surface area contributed by atoms with Crippen molar-refractivity contribution in [3.63, 3.8) is 0 Å². The summed E-state index contributed by atoms with van der Waals surface area (Å²) < 4.78 is 11.7. The van der Waals surface area contributed by atoms with Gasteiger partial charge >= 0.3 is 0 Å². The van der Waals surface area contributed by atoms with Gasteiger partial charge in [-0.15, -0.1) is 0 Å². The fraction of sp³-hybridized carbons (Fsp3) is 0.739. The van der Waals surface area contributed by atoms with Gasteiger partial charge < -0.3 is 14.4 Å². The summed E-state index contributed by atoms with van der Waals surface area (Å²) in [5.74, 6) is 1.79. The van der Waals surface area contributed by atoms with Crippen LogP contribution in [0.25, 0.3) is 0 Å². The number of rotatable bonds is 6. The van der Waals surface area contributed by atoms with Crippen LogP contribution in [0.15, 0.2) is 12.1 Å². The average molecular weight is 375 g/mol. The van der Waals surface area contributed by atoms with Crippen LogP contribution in [-0.4, -0.2) is 56.2 Å². The summed E-state index contributed by atoms with van der Waals surface area (Å²) in [6.07, 6.45) is 4.57. The number of hydrogen-bond donors (Lipinski definition) is 0. The van der Waals surface area contributed by atoms with E-state index in [0.29, 0.717) is 17.5 Å². The molecule has 152 valence electrons. The van der Waals surface area contributed by atoms with E-state index >= 15 is 0 Å². The van der Waals surface area contributed by atoms with Gasteiger partial charge in [0.25, 0.3) is 0 Å². The number of benzene rings is 1. The first-order valence-corrected chi connectivity index (χ1v) is 10.6. The summed E-state index contributed by atoms with van der Waals surface area (Å²) in [5.41, 5.74) is 3.24. The third kappa shape index (κ3) is 4.78. The third-order valence-corrected chi connectivity index (χ3v) is 6.03. The normalized spacial score (nSPS) is 23.6. The summed E-state index contributed by atoms with van der Waals surface area (Å²) >= 11 is 0. The van der Waals surface area contributed by atoms with E-state index in [1.807, 2.05) is 0 Å². The van der Waals surface area contributed by atoms with Crippen molar-refractivity contribution >= 4 is 0 Å². The van der Waals surface area contributed by atoms with Crippen LogP contribution in [0, 0.1) is 5.41 Å². The van der Waals surface area contributed by atoms with Crippen LogP contribution < -0.4 is 9.47 Å². The molecule has 2 heterocycles. The van der Waals surface area contributed by atoms with Gasteiger partial charge in [-0.3, -0.25) is 4.90 Å². The molecule has 2 atom stereocenters. The molecule has 4 heteroatoms. The van der Waals surface area contributed by atoms with E-state index in [2.05, 4.69) is 56.7 Å². The number of hydrogen-bond acceptors (Lipinski definition) is 4. The number of methoxy groups -OCH3 is 1. The number of fused-ring (bicyclic) bond motifs is 3. The molecule has 0 amide bonds. The average Bonchev–Trinajstić information content (AvgIpc) is 2.61. The first kappa shape index (κ1) is 20.5. The van der Waals surface area contributed by atoms with Crippen LogP contribution in [0.1, 0.15) is 64.1 Å². The summed E-state index contributed by atoms with van der Waals surface area (Å²) in [4.78, 5) is 5.26. The van der Waals surface area contributed by atoms with Crippen molar-refractivity contribution in [2.24, 2.45) is 5.41 Å². The minimum Gasteiger partial charge on any atom is -0.493 e. The highest BCUT2D eigenvalue weighted by Gasteiger charge is 2.37. The molecular weight excluding hydrogens is 336 g/mol. The molecule has 0 aliphatic carbocycles. The van der Waals surface area contributed by atoms with Crippen LogP contribution in [0.3, 0.4) is 0 Å². The minimum absolute atomic E-state index is 0.368. The molecule has 1 fully saturated rings. The molecule has 2 aliphatic heterocycles. The molecule has 0 bridgehead atoms. The Morgan fingerprint density at radius 3 is 2.59 bits per heavy atom. The molecule has 1 saturated heterocycles. The van der Waals surface area contributed by atoms with Crippen LogP contribution in [-0.2, 0) is 6.42 Å². The molecule has 1 aromatic rings. The summed E-state index contributed by atoms with van der Waals surface area (Å²) in [7, 11) is 4.04. The fourth-order valence-corrected chi connectivity index (χ4v) is 4.55. The zero-order valence-electron chi connectivity index (χ0n) is 18.2.